The first kappa shape index (κ1) is 22.0. The van der Waals surface area contributed by atoms with Gasteiger partial charge in [0.2, 0.25) is 0 Å². The summed E-state index contributed by atoms with van der Waals surface area (Å²) in [5, 5.41) is 5.60. The fraction of sp³-hybridized carbons (Fsp3) is 0. The Morgan fingerprint density at radius 2 is 0.833 bits per heavy atom. The zero-order chi connectivity index (χ0) is 19.8. The van der Waals surface area contributed by atoms with Crippen molar-refractivity contribution in [3.05, 3.63) is 146 Å². The van der Waals surface area contributed by atoms with Crippen LogP contribution in [0.4, 0.5) is 0 Å². The molecule has 1 aliphatic rings. The van der Waals surface area contributed by atoms with E-state index in [4.69, 9.17) is 0 Å². The molecule has 2 heteroatoms. The molecule has 0 N–H and O–H groups in total. The molecule has 0 aromatic heterocycles. The van der Waals surface area contributed by atoms with Gasteiger partial charge < -0.3 is 0 Å². The zero-order valence-electron chi connectivity index (χ0n) is 16.7. The van der Waals surface area contributed by atoms with E-state index in [-0.39, 0.29) is 17.1 Å². The minimum Gasteiger partial charge on any atom is -0.214 e. The topological polar surface area (TPSA) is 0 Å². The third-order valence-electron chi connectivity index (χ3n) is 5.02. The molecule has 148 valence electrons. The van der Waals surface area contributed by atoms with Crippen molar-refractivity contribution in [3.8, 4) is 0 Å². The van der Waals surface area contributed by atoms with E-state index in [0.29, 0.717) is 0 Å². The van der Waals surface area contributed by atoms with Crippen molar-refractivity contribution in [3.63, 3.8) is 0 Å². The fourth-order valence-electron chi connectivity index (χ4n) is 3.76. The summed E-state index contributed by atoms with van der Waals surface area (Å²) in [6.45, 7) is -1.86. The predicted molar refractivity (Wildman–Crippen MR) is 130 cm³/mol. The quantitative estimate of drug-likeness (QED) is 0.215. The van der Waals surface area contributed by atoms with Gasteiger partial charge in [0.1, 0.15) is 0 Å². The van der Waals surface area contributed by atoms with E-state index in [0.717, 1.165) is 0 Å². The van der Waals surface area contributed by atoms with E-state index in [1.54, 1.807) is 0 Å². The third-order valence-corrected chi connectivity index (χ3v) is 9.31. The maximum atomic E-state index is 2.28. The second-order valence-corrected chi connectivity index (χ2v) is 10.2. The van der Waals surface area contributed by atoms with Gasteiger partial charge in [0.25, 0.3) is 0 Å². The van der Waals surface area contributed by atoms with Crippen LogP contribution in [-0.2, 0) is 17.1 Å². The van der Waals surface area contributed by atoms with Crippen LogP contribution in [0.15, 0.2) is 146 Å². The Labute approximate surface area is 190 Å². The van der Waals surface area contributed by atoms with E-state index in [9.17, 15) is 0 Å². The summed E-state index contributed by atoms with van der Waals surface area (Å²) in [4.78, 5) is 0. The van der Waals surface area contributed by atoms with Crippen LogP contribution in [0.5, 0.6) is 0 Å². The second kappa shape index (κ2) is 10.9. The predicted octanol–water partition coefficient (Wildman–Crippen LogP) is 5.68. The molecule has 0 amide bonds. The first-order valence-electron chi connectivity index (χ1n) is 9.87. The molecular formula is C28H24FeP+. The largest absolute Gasteiger partial charge is 2.00 e. The molecule has 30 heavy (non-hydrogen) atoms. The zero-order valence-corrected chi connectivity index (χ0v) is 18.7. The number of rotatable bonds is 3. The second-order valence-electron chi connectivity index (χ2n) is 6.78. The number of allylic oxidation sites excluding steroid dienone is 4. The van der Waals surface area contributed by atoms with Crippen LogP contribution in [0.25, 0.3) is 0 Å². The van der Waals surface area contributed by atoms with Crippen molar-refractivity contribution in [2.45, 2.75) is 0 Å². The van der Waals surface area contributed by atoms with Crippen molar-refractivity contribution in [1.29, 1.82) is 0 Å². The van der Waals surface area contributed by atoms with Gasteiger partial charge in [-0.15, -0.1) is 0 Å². The van der Waals surface area contributed by atoms with E-state index >= 15 is 0 Å². The molecule has 0 saturated heterocycles. The van der Waals surface area contributed by atoms with Crippen LogP contribution in [0.2, 0.25) is 0 Å². The van der Waals surface area contributed by atoms with E-state index in [1.807, 2.05) is 30.3 Å². The van der Waals surface area contributed by atoms with Crippen LogP contribution < -0.4 is 15.9 Å². The number of hydrogen-bond acceptors (Lipinski definition) is 0. The van der Waals surface area contributed by atoms with Crippen molar-refractivity contribution in [1.82, 2.24) is 0 Å². The number of benzene rings is 3. The molecule has 0 atom stereocenters. The van der Waals surface area contributed by atoms with Gasteiger partial charge in [-0.25, -0.2) is 12.1 Å². The molecule has 0 nitrogen and oxygen atoms in total. The third kappa shape index (κ3) is 4.55. The van der Waals surface area contributed by atoms with Crippen molar-refractivity contribution in [2.75, 3.05) is 0 Å². The molecule has 4 aromatic rings. The van der Waals surface area contributed by atoms with Crippen LogP contribution in [0, 0.1) is 0 Å². The summed E-state index contributed by atoms with van der Waals surface area (Å²) >= 11 is 0. The van der Waals surface area contributed by atoms with Crippen LogP contribution in [0.3, 0.4) is 0 Å². The van der Waals surface area contributed by atoms with Crippen LogP contribution in [0.1, 0.15) is 0 Å². The Morgan fingerprint density at radius 3 is 1.13 bits per heavy atom. The van der Waals surface area contributed by atoms with Gasteiger partial charge in [0.15, 0.2) is 0 Å². The summed E-state index contributed by atoms with van der Waals surface area (Å²) in [6.07, 6.45) is 8.86. The smallest absolute Gasteiger partial charge is 0.214 e. The average molecular weight is 447 g/mol. The summed E-state index contributed by atoms with van der Waals surface area (Å²) in [6, 6.07) is 42.9. The molecule has 0 aliphatic heterocycles. The van der Waals surface area contributed by atoms with Crippen molar-refractivity contribution >= 4 is 28.1 Å². The maximum absolute atomic E-state index is 2.28. The molecule has 4 aromatic carbocycles. The van der Waals surface area contributed by atoms with Crippen molar-refractivity contribution < 1.29 is 17.1 Å². The molecule has 1 aliphatic carbocycles. The molecule has 0 spiro atoms. The average Bonchev–Trinajstić information content (AvgIpc) is 3.54. The van der Waals surface area contributed by atoms with Crippen LogP contribution in [-0.4, -0.2) is 5.29 Å². The van der Waals surface area contributed by atoms with Gasteiger partial charge in [-0.2, -0.15) is 18.2 Å². The van der Waals surface area contributed by atoms with Crippen molar-refractivity contribution in [2.24, 2.45) is 0 Å². The Kier molecular flexibility index (Phi) is 8.00. The van der Waals surface area contributed by atoms with Gasteiger partial charge in [-0.1, -0.05) is 115 Å². The molecule has 0 radical (unpaired) electrons. The molecule has 0 bridgehead atoms. The summed E-state index contributed by atoms with van der Waals surface area (Å²) in [5.41, 5.74) is 0. The van der Waals surface area contributed by atoms with Gasteiger partial charge in [-0.05, 0) is 28.1 Å². The summed E-state index contributed by atoms with van der Waals surface area (Å²) in [7, 11) is 0. The van der Waals surface area contributed by atoms with Crippen LogP contribution >= 0.6 is 6.89 Å². The number of hydrogen-bond donors (Lipinski definition) is 0. The Hall–Kier alpha value is -2.69. The van der Waals surface area contributed by atoms with E-state index in [1.165, 1.54) is 21.2 Å². The summed E-state index contributed by atoms with van der Waals surface area (Å²) in [5.74, 6) is 0. The molecule has 0 saturated carbocycles. The minimum absolute atomic E-state index is 0. The molecule has 0 fully saturated rings. The first-order chi connectivity index (χ1) is 14.4. The molecule has 0 heterocycles. The Bertz CT molecular complexity index is 989. The SMILES string of the molecule is C1=CC(=P(c2ccccc2)(c2ccccc2)c2ccccc2)C=C1.[Fe+2].c1cc[cH-]c1. The monoisotopic (exact) mass is 447 g/mol. The van der Waals surface area contributed by atoms with Gasteiger partial charge >= 0.3 is 17.1 Å². The first-order valence-corrected chi connectivity index (χ1v) is 11.7. The molecule has 5 rings (SSSR count). The van der Waals surface area contributed by atoms with E-state index < -0.39 is 6.89 Å². The Balaban J connectivity index is 0.000000376. The Morgan fingerprint density at radius 1 is 0.467 bits per heavy atom. The van der Waals surface area contributed by atoms with Gasteiger partial charge in [0.05, 0.1) is 0 Å². The van der Waals surface area contributed by atoms with Gasteiger partial charge in [-0.3, -0.25) is 0 Å². The normalized spacial score (nSPS) is 12.1. The van der Waals surface area contributed by atoms with Gasteiger partial charge in [0, 0.05) is 0 Å². The standard InChI is InChI=1S/C23H19P.C5H5.Fe/c1-4-12-20(13-5-1)24(23-18-10-11-19-23,21-14-6-2-7-15-21)22-16-8-3-9-17-22;1-2-4-5-3-1;/h1-19H;1-5H;/q;-1;+2. The van der Waals surface area contributed by atoms with E-state index in [2.05, 4.69) is 115 Å². The molecule has 0 unspecified atom stereocenters. The molecular weight excluding hydrogens is 423 g/mol. The minimum atomic E-state index is -1.86. The summed E-state index contributed by atoms with van der Waals surface area (Å²) < 4.78 is 0. The maximum Gasteiger partial charge on any atom is 2.00 e. The fourth-order valence-corrected chi connectivity index (χ4v) is 8.02.